The van der Waals surface area contributed by atoms with Crippen LogP contribution in [0, 0.1) is 11.8 Å². The quantitative estimate of drug-likeness (QED) is 0.204. The summed E-state index contributed by atoms with van der Waals surface area (Å²) in [5.74, 6) is 3.88. The summed E-state index contributed by atoms with van der Waals surface area (Å²) in [7, 11) is 0. The fraction of sp³-hybridized carbons (Fsp3) is 0.207. The number of imidazole rings is 1. The van der Waals surface area contributed by atoms with Gasteiger partial charge in [0.05, 0.1) is 24.1 Å². The number of halogens is 4. The van der Waals surface area contributed by atoms with Crippen LogP contribution in [0.25, 0.3) is 0 Å². The Morgan fingerprint density at radius 1 is 1.14 bits per heavy atom. The zero-order valence-electron chi connectivity index (χ0n) is 21.5. The molecule has 2 atom stereocenters. The molecule has 6 rings (SSSR count). The van der Waals surface area contributed by atoms with E-state index in [0.717, 1.165) is 22.3 Å². The molecule has 2 aromatic heterocycles. The fourth-order valence-electron chi connectivity index (χ4n) is 5.14. The van der Waals surface area contributed by atoms with Gasteiger partial charge in [0.1, 0.15) is 12.5 Å². The Kier molecular flexibility index (Phi) is 6.86. The molecule has 0 radical (unpaired) electrons. The molecule has 2 aliphatic rings. The number of nitrogens with one attached hydrogen (secondary N) is 1. The lowest BCUT2D eigenvalue weighted by atomic mass is 9.99. The van der Waals surface area contributed by atoms with Gasteiger partial charge in [0, 0.05) is 52.5 Å². The van der Waals surface area contributed by atoms with Crippen molar-refractivity contribution in [1.29, 1.82) is 0 Å². The van der Waals surface area contributed by atoms with E-state index in [0.29, 0.717) is 23.1 Å². The van der Waals surface area contributed by atoms with Crippen molar-refractivity contribution >= 4 is 34.6 Å². The van der Waals surface area contributed by atoms with Gasteiger partial charge in [0.25, 0.3) is 11.8 Å². The third-order valence-corrected chi connectivity index (χ3v) is 7.73. The Bertz CT molecular complexity index is 1770. The van der Waals surface area contributed by atoms with Crippen LogP contribution in [0.4, 0.5) is 22.7 Å². The Morgan fingerprint density at radius 2 is 1.90 bits per heavy atom. The summed E-state index contributed by atoms with van der Waals surface area (Å²) < 4.78 is 58.6. The molecule has 0 spiro atoms. The van der Waals surface area contributed by atoms with Gasteiger partial charge in [0.15, 0.2) is 11.2 Å². The van der Waals surface area contributed by atoms with Crippen LogP contribution in [0.1, 0.15) is 60.4 Å². The molecule has 0 saturated heterocycles. The van der Waals surface area contributed by atoms with E-state index in [-0.39, 0.29) is 40.5 Å². The van der Waals surface area contributed by atoms with E-state index in [1.165, 1.54) is 35.3 Å². The molecule has 0 aliphatic carbocycles. The van der Waals surface area contributed by atoms with Crippen molar-refractivity contribution in [1.82, 2.24) is 19.4 Å². The summed E-state index contributed by atoms with van der Waals surface area (Å²) >= 11 is 1.12. The van der Waals surface area contributed by atoms with E-state index < -0.39 is 42.3 Å². The molecule has 13 heteroatoms. The lowest BCUT2D eigenvalue weighted by molar-refractivity contribution is -0.138. The highest BCUT2D eigenvalue weighted by Crippen LogP contribution is 2.41. The molecule has 2 amide bonds. The summed E-state index contributed by atoms with van der Waals surface area (Å²) in [5, 5.41) is 4.45. The van der Waals surface area contributed by atoms with Crippen LogP contribution in [-0.4, -0.2) is 43.7 Å². The molecule has 1 unspecified atom stereocenters. The Morgan fingerprint density at radius 3 is 2.60 bits per heavy atom. The minimum absolute atomic E-state index is 0.0233. The van der Waals surface area contributed by atoms with Crippen molar-refractivity contribution < 1.29 is 31.9 Å². The van der Waals surface area contributed by atoms with Crippen molar-refractivity contribution in [3.05, 3.63) is 99.1 Å². The number of amides is 2. The number of anilines is 1. The van der Waals surface area contributed by atoms with Crippen LogP contribution < -0.4 is 5.32 Å². The molecule has 0 fully saturated rings. The third-order valence-electron chi connectivity index (χ3n) is 7.04. The molecule has 1 N–H and O–H groups in total. The highest BCUT2D eigenvalue weighted by atomic mass is 32.1. The van der Waals surface area contributed by atoms with E-state index >= 15 is 0 Å². The number of alkyl halides is 4. The first-order valence-corrected chi connectivity index (χ1v) is 13.5. The third kappa shape index (κ3) is 5.05. The van der Waals surface area contributed by atoms with E-state index in [9.17, 15) is 31.9 Å². The van der Waals surface area contributed by atoms with Crippen molar-refractivity contribution in [2.24, 2.45) is 0 Å². The molecule has 2 aromatic carbocycles. The average Bonchev–Trinajstić information content (AvgIpc) is 3.74. The van der Waals surface area contributed by atoms with Crippen LogP contribution in [0.2, 0.25) is 0 Å². The average molecular weight is 594 g/mol. The molecule has 42 heavy (non-hydrogen) atoms. The lowest BCUT2D eigenvalue weighted by Gasteiger charge is -2.26. The lowest BCUT2D eigenvalue weighted by Crippen LogP contribution is -2.38. The number of aromatic nitrogens is 3. The van der Waals surface area contributed by atoms with Gasteiger partial charge in [-0.3, -0.25) is 19.7 Å². The van der Waals surface area contributed by atoms with Gasteiger partial charge in [0.2, 0.25) is 0 Å². The summed E-state index contributed by atoms with van der Waals surface area (Å²) in [6.07, 6.45) is -2.61. The molecule has 8 nitrogen and oxygen atoms in total. The fourth-order valence-corrected chi connectivity index (χ4v) is 5.68. The van der Waals surface area contributed by atoms with Crippen LogP contribution >= 0.6 is 11.3 Å². The van der Waals surface area contributed by atoms with Crippen LogP contribution in [-0.2, 0) is 30.5 Å². The monoisotopic (exact) mass is 593 g/mol. The number of aldehydes is 1. The second kappa shape index (κ2) is 10.5. The molecule has 2 aliphatic heterocycles. The Labute approximate surface area is 240 Å². The summed E-state index contributed by atoms with van der Waals surface area (Å²) in [6.45, 7) is -0.499. The largest absolute Gasteiger partial charge is 0.416 e. The van der Waals surface area contributed by atoms with Crippen LogP contribution in [0.3, 0.4) is 0 Å². The maximum Gasteiger partial charge on any atom is 0.416 e. The van der Waals surface area contributed by atoms with Gasteiger partial charge in [-0.05, 0) is 29.8 Å². The Hall–Kier alpha value is -4.83. The van der Waals surface area contributed by atoms with Crippen LogP contribution in [0.15, 0.2) is 54.3 Å². The van der Waals surface area contributed by atoms with Gasteiger partial charge in [-0.25, -0.2) is 14.4 Å². The number of rotatable bonds is 5. The minimum atomic E-state index is -4.82. The van der Waals surface area contributed by atoms with Crippen molar-refractivity contribution in [3.8, 4) is 11.8 Å². The maximum absolute atomic E-state index is 14.3. The van der Waals surface area contributed by atoms with Crippen molar-refractivity contribution in [3.63, 3.8) is 0 Å². The number of benzene rings is 2. The maximum atomic E-state index is 14.3. The molecule has 0 bridgehead atoms. The van der Waals surface area contributed by atoms with Gasteiger partial charge in [-0.15, -0.1) is 11.3 Å². The van der Waals surface area contributed by atoms with Crippen LogP contribution in [0.5, 0.6) is 0 Å². The van der Waals surface area contributed by atoms with E-state index in [2.05, 4.69) is 27.1 Å². The highest BCUT2D eigenvalue weighted by molar-refractivity contribution is 7.13. The van der Waals surface area contributed by atoms with Crippen molar-refractivity contribution in [2.45, 2.75) is 37.9 Å². The number of carbonyl (C=O) groups is 3. The number of carbonyl (C=O) groups excluding carboxylic acids is 3. The molecular weight excluding hydrogens is 574 g/mol. The highest BCUT2D eigenvalue weighted by Gasteiger charge is 2.45. The molecule has 212 valence electrons. The topological polar surface area (TPSA) is 97.2 Å². The van der Waals surface area contributed by atoms with Crippen molar-refractivity contribution in [2.75, 3.05) is 5.32 Å². The van der Waals surface area contributed by atoms with Gasteiger partial charge < -0.3 is 9.47 Å². The van der Waals surface area contributed by atoms with E-state index in [4.69, 9.17) is 0 Å². The van der Waals surface area contributed by atoms with E-state index in [1.807, 2.05) is 0 Å². The number of nitrogens with zero attached hydrogens (tertiary/aromatic N) is 4. The number of thiazole rings is 1. The molecular formula is C29H19F4N5O3S. The molecule has 4 aromatic rings. The smallest absolute Gasteiger partial charge is 0.331 e. The van der Waals surface area contributed by atoms with E-state index in [1.54, 1.807) is 17.5 Å². The minimum Gasteiger partial charge on any atom is -0.331 e. The second-order valence-electron chi connectivity index (χ2n) is 9.73. The number of fused-ring (bicyclic) bond motifs is 2. The SMILES string of the molecule is O=Cc1ccc(C#Cc2cc3c(c(C(F)(F)F)c2)CN(C(C(=O)Nc2nccs2)c2ncn4c2C[C@@H](F)C4)C3=O)cc1. The zero-order valence-corrected chi connectivity index (χ0v) is 22.3. The first-order valence-electron chi connectivity index (χ1n) is 12.6. The summed E-state index contributed by atoms with van der Waals surface area (Å²) in [5.41, 5.74) is -0.261. The number of hydrogen-bond donors (Lipinski definition) is 1. The second-order valence-corrected chi connectivity index (χ2v) is 10.6. The predicted molar refractivity (Wildman–Crippen MR) is 143 cm³/mol. The predicted octanol–water partition coefficient (Wildman–Crippen LogP) is 4.80. The summed E-state index contributed by atoms with van der Waals surface area (Å²) in [6, 6.07) is 6.85. The molecule has 0 saturated carbocycles. The van der Waals surface area contributed by atoms with Gasteiger partial charge in [-0.2, -0.15) is 13.2 Å². The standard InChI is InChI=1S/C29H19F4N5O3S/c30-19-11-23-24(35-15-37(23)12-19)25(26(40)36-28-34-7-8-42-28)38-13-21-20(27(38)41)9-18(10-22(21)29(31,32)33)6-3-16-1-4-17(14-39)5-2-16/h1-2,4-5,7-10,14-15,19,25H,11-13H2,(H,34,36,40)/t19-,25?/m1/s1. The normalized spacial score (nSPS) is 16.4. The zero-order chi connectivity index (χ0) is 29.6. The summed E-state index contributed by atoms with van der Waals surface area (Å²) in [4.78, 5) is 47.5. The molecule has 4 heterocycles. The first-order chi connectivity index (χ1) is 20.1. The van der Waals surface area contributed by atoms with Gasteiger partial charge in [-0.1, -0.05) is 24.0 Å². The first kappa shape index (κ1) is 27.3. The van der Waals surface area contributed by atoms with Gasteiger partial charge >= 0.3 is 6.18 Å². The Balaban J connectivity index is 1.40. The number of hydrogen-bond acceptors (Lipinski definition) is 6.